The largest absolute Gasteiger partial charge is 0.354 e. The van der Waals surface area contributed by atoms with E-state index in [1.165, 1.54) is 32.1 Å². The second-order valence-corrected chi connectivity index (χ2v) is 5.50. The van der Waals surface area contributed by atoms with Gasteiger partial charge in [0.1, 0.15) is 5.82 Å². The lowest BCUT2D eigenvalue weighted by Crippen LogP contribution is -2.33. The monoisotopic (exact) mass is 263 g/mol. The Hall–Kier alpha value is -1.32. The highest BCUT2D eigenvalue weighted by atomic mass is 16.1. The van der Waals surface area contributed by atoms with Crippen molar-refractivity contribution in [3.63, 3.8) is 0 Å². The molecule has 1 N–H and O–H groups in total. The third-order valence-corrected chi connectivity index (χ3v) is 4.05. The molecule has 2 rings (SSSR count). The van der Waals surface area contributed by atoms with Crippen LogP contribution in [0, 0.1) is 12.8 Å². The van der Waals surface area contributed by atoms with Crippen LogP contribution in [0.2, 0.25) is 0 Å². The van der Waals surface area contributed by atoms with Crippen molar-refractivity contribution in [2.75, 3.05) is 6.54 Å². The van der Waals surface area contributed by atoms with Crippen LogP contribution in [-0.2, 0) is 11.3 Å². The molecule has 0 radical (unpaired) electrons. The van der Waals surface area contributed by atoms with Gasteiger partial charge in [0.15, 0.2) is 0 Å². The van der Waals surface area contributed by atoms with Crippen molar-refractivity contribution in [1.82, 2.24) is 14.9 Å². The number of aromatic nitrogens is 2. The molecule has 1 aromatic rings. The van der Waals surface area contributed by atoms with E-state index in [1.807, 2.05) is 13.1 Å². The first-order chi connectivity index (χ1) is 9.27. The summed E-state index contributed by atoms with van der Waals surface area (Å²) in [6, 6.07) is 0. The van der Waals surface area contributed by atoms with Crippen molar-refractivity contribution in [2.24, 2.45) is 5.92 Å². The molecule has 19 heavy (non-hydrogen) atoms. The van der Waals surface area contributed by atoms with Crippen LogP contribution in [0.5, 0.6) is 0 Å². The summed E-state index contributed by atoms with van der Waals surface area (Å²) >= 11 is 0. The number of carbonyl (C=O) groups excluding carboxylic acids is 1. The van der Waals surface area contributed by atoms with Gasteiger partial charge < -0.3 is 9.88 Å². The zero-order valence-electron chi connectivity index (χ0n) is 11.9. The Kier molecular flexibility index (Phi) is 5.43. The second kappa shape index (κ2) is 7.31. The standard InChI is InChI=1S/C15H25N3O/c1-13-16-9-11-18(13)12-10-17-15(19)14-7-5-3-2-4-6-8-14/h9,11,14H,2-8,10,12H2,1H3,(H,17,19). The molecule has 0 bridgehead atoms. The molecule has 1 aliphatic carbocycles. The van der Waals surface area contributed by atoms with Gasteiger partial charge in [-0.2, -0.15) is 0 Å². The lowest BCUT2D eigenvalue weighted by molar-refractivity contribution is -0.125. The Balaban J connectivity index is 1.72. The Labute approximate surface area is 115 Å². The Morgan fingerprint density at radius 3 is 2.63 bits per heavy atom. The van der Waals surface area contributed by atoms with Crippen molar-refractivity contribution in [3.8, 4) is 0 Å². The van der Waals surface area contributed by atoms with Gasteiger partial charge in [-0.1, -0.05) is 32.1 Å². The van der Waals surface area contributed by atoms with Crippen molar-refractivity contribution in [2.45, 2.75) is 58.4 Å². The van der Waals surface area contributed by atoms with Gasteiger partial charge in [0, 0.05) is 31.4 Å². The molecule has 4 nitrogen and oxygen atoms in total. The van der Waals surface area contributed by atoms with Crippen LogP contribution in [0.4, 0.5) is 0 Å². The molecule has 1 saturated carbocycles. The average Bonchev–Trinajstić information content (AvgIpc) is 2.74. The van der Waals surface area contributed by atoms with Crippen LogP contribution >= 0.6 is 0 Å². The first-order valence-electron chi connectivity index (χ1n) is 7.53. The molecule has 1 aromatic heterocycles. The van der Waals surface area contributed by atoms with E-state index >= 15 is 0 Å². The highest BCUT2D eigenvalue weighted by Crippen LogP contribution is 2.22. The number of carbonyl (C=O) groups is 1. The van der Waals surface area contributed by atoms with Crippen LogP contribution in [0.25, 0.3) is 0 Å². The van der Waals surface area contributed by atoms with Gasteiger partial charge in [-0.3, -0.25) is 4.79 Å². The minimum atomic E-state index is 0.240. The van der Waals surface area contributed by atoms with E-state index in [2.05, 4.69) is 14.9 Å². The first-order valence-corrected chi connectivity index (χ1v) is 7.53. The maximum Gasteiger partial charge on any atom is 0.223 e. The second-order valence-electron chi connectivity index (χ2n) is 5.50. The number of nitrogens with one attached hydrogen (secondary N) is 1. The number of hydrogen-bond donors (Lipinski definition) is 1. The fraction of sp³-hybridized carbons (Fsp3) is 0.733. The fourth-order valence-corrected chi connectivity index (χ4v) is 2.80. The minimum Gasteiger partial charge on any atom is -0.354 e. The summed E-state index contributed by atoms with van der Waals surface area (Å²) in [5, 5.41) is 3.08. The zero-order chi connectivity index (χ0) is 13.5. The van der Waals surface area contributed by atoms with E-state index in [-0.39, 0.29) is 11.8 Å². The molecule has 0 saturated heterocycles. The van der Waals surface area contributed by atoms with E-state index < -0.39 is 0 Å². The molecule has 106 valence electrons. The summed E-state index contributed by atoms with van der Waals surface area (Å²) in [4.78, 5) is 16.3. The summed E-state index contributed by atoms with van der Waals surface area (Å²) in [6.45, 7) is 3.49. The third kappa shape index (κ3) is 4.37. The highest BCUT2D eigenvalue weighted by Gasteiger charge is 2.18. The SMILES string of the molecule is Cc1nccn1CCNC(=O)C1CCCCCCC1. The normalized spacial score (nSPS) is 17.7. The summed E-state index contributed by atoms with van der Waals surface area (Å²) in [6.07, 6.45) is 12.2. The number of nitrogens with zero attached hydrogens (tertiary/aromatic N) is 2. The maximum atomic E-state index is 12.1. The molecule has 1 aliphatic rings. The van der Waals surface area contributed by atoms with E-state index in [0.717, 1.165) is 25.2 Å². The van der Waals surface area contributed by atoms with Crippen molar-refractivity contribution in [1.29, 1.82) is 0 Å². The van der Waals surface area contributed by atoms with E-state index in [4.69, 9.17) is 0 Å². The Bertz CT molecular complexity index is 392. The summed E-state index contributed by atoms with van der Waals surface area (Å²) in [5.74, 6) is 1.49. The van der Waals surface area contributed by atoms with Crippen LogP contribution in [0.1, 0.15) is 50.8 Å². The summed E-state index contributed by atoms with van der Waals surface area (Å²) in [5.41, 5.74) is 0. The van der Waals surface area contributed by atoms with Crippen LogP contribution < -0.4 is 5.32 Å². The highest BCUT2D eigenvalue weighted by molar-refractivity contribution is 5.78. The lowest BCUT2D eigenvalue weighted by atomic mass is 9.90. The van der Waals surface area contributed by atoms with E-state index in [1.54, 1.807) is 6.20 Å². The van der Waals surface area contributed by atoms with Gasteiger partial charge in [0.05, 0.1) is 0 Å². The predicted octanol–water partition coefficient (Wildman–Crippen LogP) is 2.67. The topological polar surface area (TPSA) is 46.9 Å². The van der Waals surface area contributed by atoms with E-state index in [9.17, 15) is 4.79 Å². The average molecular weight is 263 g/mol. The molecule has 0 aliphatic heterocycles. The van der Waals surface area contributed by atoms with E-state index in [0.29, 0.717) is 6.54 Å². The lowest BCUT2D eigenvalue weighted by Gasteiger charge is -2.19. The van der Waals surface area contributed by atoms with Crippen LogP contribution in [-0.4, -0.2) is 22.0 Å². The molecular formula is C15H25N3O. The molecule has 1 amide bonds. The molecule has 0 aromatic carbocycles. The third-order valence-electron chi connectivity index (χ3n) is 4.05. The quantitative estimate of drug-likeness (QED) is 0.908. The smallest absolute Gasteiger partial charge is 0.223 e. The summed E-state index contributed by atoms with van der Waals surface area (Å²) < 4.78 is 2.07. The van der Waals surface area contributed by atoms with Gasteiger partial charge in [0.25, 0.3) is 0 Å². The van der Waals surface area contributed by atoms with Crippen LogP contribution in [0.3, 0.4) is 0 Å². The number of rotatable bonds is 4. The number of aryl methyl sites for hydroxylation is 1. The van der Waals surface area contributed by atoms with Crippen LogP contribution in [0.15, 0.2) is 12.4 Å². The predicted molar refractivity (Wildman–Crippen MR) is 75.8 cm³/mol. The molecule has 0 unspecified atom stereocenters. The van der Waals surface area contributed by atoms with Gasteiger partial charge in [-0.25, -0.2) is 4.98 Å². The fourth-order valence-electron chi connectivity index (χ4n) is 2.80. The van der Waals surface area contributed by atoms with Gasteiger partial charge in [-0.15, -0.1) is 0 Å². The molecule has 0 spiro atoms. The zero-order valence-corrected chi connectivity index (χ0v) is 11.9. The molecule has 1 heterocycles. The Morgan fingerprint density at radius 2 is 2.00 bits per heavy atom. The number of imidazole rings is 1. The summed E-state index contributed by atoms with van der Waals surface area (Å²) in [7, 11) is 0. The molecular weight excluding hydrogens is 238 g/mol. The minimum absolute atomic E-state index is 0.240. The van der Waals surface area contributed by atoms with Gasteiger partial charge in [0.2, 0.25) is 5.91 Å². The molecule has 1 fully saturated rings. The van der Waals surface area contributed by atoms with Crippen molar-refractivity contribution < 1.29 is 4.79 Å². The van der Waals surface area contributed by atoms with Gasteiger partial charge in [-0.05, 0) is 19.8 Å². The maximum absolute atomic E-state index is 12.1. The number of hydrogen-bond acceptors (Lipinski definition) is 2. The number of amides is 1. The molecule has 4 heteroatoms. The van der Waals surface area contributed by atoms with Gasteiger partial charge >= 0.3 is 0 Å². The Morgan fingerprint density at radius 1 is 1.32 bits per heavy atom. The van der Waals surface area contributed by atoms with Crippen molar-refractivity contribution in [3.05, 3.63) is 18.2 Å². The first kappa shape index (κ1) is 14.1. The van der Waals surface area contributed by atoms with Crippen molar-refractivity contribution >= 4 is 5.91 Å². The molecule has 0 atom stereocenters.